The molecule has 0 aromatic heterocycles. The number of carbonyl (C=O) groups is 1. The van der Waals surface area contributed by atoms with Crippen molar-refractivity contribution in [2.75, 3.05) is 21.3 Å². The molecule has 0 aromatic rings. The van der Waals surface area contributed by atoms with E-state index in [9.17, 15) is 10.0 Å². The quantitative estimate of drug-likeness (QED) is 0.316. The van der Waals surface area contributed by atoms with Crippen LogP contribution < -0.4 is 0 Å². The molecule has 0 bridgehead atoms. The van der Waals surface area contributed by atoms with Crippen LogP contribution in [0, 0.1) is 5.21 Å². The predicted octanol–water partition coefficient (Wildman–Crippen LogP) is -0.507. The molecule has 0 amide bonds. The van der Waals surface area contributed by atoms with Gasteiger partial charge in [-0.05, 0) is 0 Å². The van der Waals surface area contributed by atoms with E-state index in [1.165, 1.54) is 7.11 Å². The third kappa shape index (κ3) is 2.81. The highest BCUT2D eigenvalue weighted by atomic mass is 16.9. The van der Waals surface area contributed by atoms with Crippen LogP contribution >= 0.6 is 0 Å². The van der Waals surface area contributed by atoms with Crippen molar-refractivity contribution in [2.45, 2.75) is 6.23 Å². The SMILES string of the molecule is COC(=O)C(OC)N([O-])OC. The zero-order valence-electron chi connectivity index (χ0n) is 6.57. The maximum Gasteiger partial charge on any atom is 0.351 e. The number of esters is 1. The van der Waals surface area contributed by atoms with Crippen molar-refractivity contribution in [3.8, 4) is 0 Å². The first-order valence-corrected chi connectivity index (χ1v) is 2.78. The Hall–Kier alpha value is -0.690. The van der Waals surface area contributed by atoms with Gasteiger partial charge in [0.2, 0.25) is 6.23 Å². The lowest BCUT2D eigenvalue weighted by molar-refractivity contribution is -0.213. The second kappa shape index (κ2) is 5.03. The largest absolute Gasteiger partial charge is 0.760 e. The Morgan fingerprint density at radius 1 is 1.45 bits per heavy atom. The summed E-state index contributed by atoms with van der Waals surface area (Å²) in [5, 5.41) is 10.6. The predicted molar refractivity (Wildman–Crippen MR) is 35.0 cm³/mol. The summed E-state index contributed by atoms with van der Waals surface area (Å²) < 4.78 is 8.71. The van der Waals surface area contributed by atoms with Crippen LogP contribution in [0.25, 0.3) is 0 Å². The lowest BCUT2D eigenvalue weighted by atomic mass is 10.6. The summed E-state index contributed by atoms with van der Waals surface area (Å²) >= 11 is 0. The monoisotopic (exact) mass is 164 g/mol. The van der Waals surface area contributed by atoms with Crippen LogP contribution in [0.5, 0.6) is 0 Å². The molecular weight excluding hydrogens is 154 g/mol. The minimum Gasteiger partial charge on any atom is -0.760 e. The third-order valence-corrected chi connectivity index (χ3v) is 0.997. The molecule has 1 unspecified atom stereocenters. The van der Waals surface area contributed by atoms with Crippen molar-refractivity contribution < 1.29 is 19.1 Å². The Morgan fingerprint density at radius 3 is 2.27 bits per heavy atom. The molecule has 0 spiro atoms. The minimum absolute atomic E-state index is 0.00579. The number of ether oxygens (including phenoxy) is 2. The Morgan fingerprint density at radius 2 is 2.00 bits per heavy atom. The van der Waals surface area contributed by atoms with E-state index in [1.54, 1.807) is 0 Å². The third-order valence-electron chi connectivity index (χ3n) is 0.997. The Kier molecular flexibility index (Phi) is 4.71. The number of nitrogens with zero attached hydrogens (tertiary/aromatic N) is 1. The average molecular weight is 164 g/mol. The first-order chi connectivity index (χ1) is 5.17. The van der Waals surface area contributed by atoms with E-state index in [4.69, 9.17) is 0 Å². The van der Waals surface area contributed by atoms with Gasteiger partial charge in [-0.15, -0.1) is 0 Å². The Balaban J connectivity index is 4.03. The summed E-state index contributed by atoms with van der Waals surface area (Å²) in [7, 11) is 3.48. The summed E-state index contributed by atoms with van der Waals surface area (Å²) in [6.07, 6.45) is -1.36. The maximum absolute atomic E-state index is 10.7. The highest BCUT2D eigenvalue weighted by molar-refractivity contribution is 5.73. The molecule has 0 N–H and O–H groups in total. The van der Waals surface area contributed by atoms with Crippen LogP contribution in [0.4, 0.5) is 0 Å². The molecule has 6 heteroatoms. The molecule has 1 atom stereocenters. The number of methoxy groups -OCH3 is 2. The molecule has 0 aliphatic rings. The second-order valence-corrected chi connectivity index (χ2v) is 1.58. The first kappa shape index (κ1) is 10.3. The lowest BCUT2D eigenvalue weighted by Gasteiger charge is -2.30. The van der Waals surface area contributed by atoms with E-state index in [0.29, 0.717) is 0 Å². The number of hydrogen-bond acceptors (Lipinski definition) is 6. The van der Waals surface area contributed by atoms with Crippen LogP contribution in [0.15, 0.2) is 0 Å². The normalized spacial score (nSPS) is 13.2. The molecule has 6 nitrogen and oxygen atoms in total. The smallest absolute Gasteiger partial charge is 0.351 e. The van der Waals surface area contributed by atoms with Crippen LogP contribution in [0.1, 0.15) is 0 Å². The molecule has 0 saturated carbocycles. The molecule has 0 aromatic carbocycles. The molecule has 0 heterocycles. The highest BCUT2D eigenvalue weighted by Gasteiger charge is 2.19. The zero-order valence-corrected chi connectivity index (χ0v) is 6.57. The topological polar surface area (TPSA) is 71.1 Å². The van der Waals surface area contributed by atoms with Gasteiger partial charge in [-0.2, -0.15) is 0 Å². The van der Waals surface area contributed by atoms with Crippen LogP contribution in [-0.4, -0.2) is 38.8 Å². The van der Waals surface area contributed by atoms with Crippen molar-refractivity contribution in [3.63, 3.8) is 0 Å². The van der Waals surface area contributed by atoms with E-state index in [0.717, 1.165) is 14.2 Å². The molecule has 0 aliphatic heterocycles. The molecule has 66 valence electrons. The highest BCUT2D eigenvalue weighted by Crippen LogP contribution is 1.99. The zero-order chi connectivity index (χ0) is 8.85. The molecule has 0 saturated heterocycles. The number of rotatable bonds is 4. The van der Waals surface area contributed by atoms with Gasteiger partial charge in [0, 0.05) is 7.11 Å². The Labute approximate surface area is 64.2 Å². The standard InChI is InChI=1S/C5H10NO5/c1-9-4(5(7)10-2)6(8)11-3/h4H,1-3H3/q-1. The van der Waals surface area contributed by atoms with Gasteiger partial charge in [-0.25, -0.2) is 10.0 Å². The molecule has 0 aliphatic carbocycles. The van der Waals surface area contributed by atoms with E-state index < -0.39 is 12.2 Å². The van der Waals surface area contributed by atoms with Gasteiger partial charge in [-0.3, -0.25) is 0 Å². The van der Waals surface area contributed by atoms with Gasteiger partial charge < -0.3 is 19.5 Å². The van der Waals surface area contributed by atoms with Crippen LogP contribution in [0.3, 0.4) is 0 Å². The number of carbonyl (C=O) groups excluding carboxylic acids is 1. The molecule has 0 fully saturated rings. The van der Waals surface area contributed by atoms with Gasteiger partial charge in [-0.1, -0.05) is 0 Å². The number of hydrogen-bond donors (Lipinski definition) is 0. The van der Waals surface area contributed by atoms with E-state index in [2.05, 4.69) is 14.3 Å². The van der Waals surface area contributed by atoms with Gasteiger partial charge in [0.15, 0.2) is 0 Å². The van der Waals surface area contributed by atoms with E-state index >= 15 is 0 Å². The molecular formula is C5H10NO5-. The van der Waals surface area contributed by atoms with Crippen LogP contribution in [0.2, 0.25) is 0 Å². The fraction of sp³-hybridized carbons (Fsp3) is 0.800. The minimum atomic E-state index is -1.36. The summed E-state index contributed by atoms with van der Waals surface area (Å²) in [5.74, 6) is -0.802. The van der Waals surface area contributed by atoms with E-state index in [-0.39, 0.29) is 5.23 Å². The summed E-state index contributed by atoms with van der Waals surface area (Å²) in [4.78, 5) is 14.9. The van der Waals surface area contributed by atoms with E-state index in [1.807, 2.05) is 0 Å². The fourth-order valence-electron chi connectivity index (χ4n) is 0.465. The summed E-state index contributed by atoms with van der Waals surface area (Å²) in [6, 6.07) is 0. The van der Waals surface area contributed by atoms with Gasteiger partial charge in [0.05, 0.1) is 14.2 Å². The van der Waals surface area contributed by atoms with Crippen molar-refractivity contribution in [1.82, 2.24) is 5.23 Å². The first-order valence-electron chi connectivity index (χ1n) is 2.78. The molecule has 0 radical (unpaired) electrons. The lowest BCUT2D eigenvalue weighted by Crippen LogP contribution is -2.38. The van der Waals surface area contributed by atoms with Crippen molar-refractivity contribution in [2.24, 2.45) is 0 Å². The summed E-state index contributed by atoms with van der Waals surface area (Å²) in [6.45, 7) is 0. The van der Waals surface area contributed by atoms with Gasteiger partial charge in [0.1, 0.15) is 0 Å². The van der Waals surface area contributed by atoms with Crippen molar-refractivity contribution >= 4 is 5.97 Å². The Bertz CT molecular complexity index is 128. The molecule has 0 rings (SSSR count). The number of hydroxylamine groups is 2. The van der Waals surface area contributed by atoms with Crippen molar-refractivity contribution in [1.29, 1.82) is 0 Å². The van der Waals surface area contributed by atoms with Crippen molar-refractivity contribution in [3.05, 3.63) is 5.21 Å². The van der Waals surface area contributed by atoms with Crippen LogP contribution in [-0.2, 0) is 19.1 Å². The van der Waals surface area contributed by atoms with Gasteiger partial charge in [0.25, 0.3) is 0 Å². The summed E-state index contributed by atoms with van der Waals surface area (Å²) in [5.41, 5.74) is 0. The van der Waals surface area contributed by atoms with Gasteiger partial charge >= 0.3 is 5.97 Å². The second-order valence-electron chi connectivity index (χ2n) is 1.58. The molecule has 11 heavy (non-hydrogen) atoms. The fourth-order valence-corrected chi connectivity index (χ4v) is 0.465. The average Bonchev–Trinajstić information content (AvgIpc) is 2.05. The maximum atomic E-state index is 10.7.